The van der Waals surface area contributed by atoms with E-state index in [0.717, 1.165) is 57.2 Å². The van der Waals surface area contributed by atoms with Crippen LogP contribution in [-0.4, -0.2) is 81.9 Å². The Balaban J connectivity index is 1.27. The molecule has 35 heavy (non-hydrogen) atoms. The number of rotatable bonds is 2. The van der Waals surface area contributed by atoms with Crippen molar-refractivity contribution < 1.29 is 19.1 Å². The van der Waals surface area contributed by atoms with E-state index in [-0.39, 0.29) is 29.8 Å². The van der Waals surface area contributed by atoms with E-state index in [1.807, 2.05) is 34.1 Å². The lowest BCUT2D eigenvalue weighted by Gasteiger charge is -2.42. The average Bonchev–Trinajstić information content (AvgIpc) is 3.57. The molecule has 4 heterocycles. The summed E-state index contributed by atoms with van der Waals surface area (Å²) in [5.41, 5.74) is 0.677. The maximum absolute atomic E-state index is 13.2. The lowest BCUT2D eigenvalue weighted by molar-refractivity contribution is -0.135. The summed E-state index contributed by atoms with van der Waals surface area (Å²) in [6.07, 6.45) is 9.92. The Morgan fingerprint density at radius 1 is 1.11 bits per heavy atom. The van der Waals surface area contributed by atoms with Gasteiger partial charge in [-0.2, -0.15) is 5.10 Å². The van der Waals surface area contributed by atoms with E-state index in [2.05, 4.69) is 10.1 Å². The molecule has 1 spiro atoms. The second-order valence-corrected chi connectivity index (χ2v) is 10.1. The standard InChI is InChI=1S/C26H35N5O4/c32-24(16-30-20-27-19-28-30)29-12-9-26(10-13-29)8-1-2-14-34-17-22-6-4-11-31(22)25(33)21-5-3-7-23(15-21)35-18-26/h3,5,7,15,19-20,22H,1-2,4,6,8-14,16-18H2/t22-/m0/s1. The molecule has 0 saturated carbocycles. The number of likely N-dealkylation sites (tertiary alicyclic amines) is 1. The van der Waals surface area contributed by atoms with Crippen molar-refractivity contribution >= 4 is 11.8 Å². The Morgan fingerprint density at radius 3 is 2.83 bits per heavy atom. The molecule has 2 aromatic rings. The maximum Gasteiger partial charge on any atom is 0.254 e. The normalized spacial score (nSPS) is 23.3. The molecule has 1 atom stereocenters. The van der Waals surface area contributed by atoms with Gasteiger partial charge in [0.25, 0.3) is 5.91 Å². The number of hydrogen-bond donors (Lipinski definition) is 0. The van der Waals surface area contributed by atoms with Crippen molar-refractivity contribution in [2.75, 3.05) is 39.5 Å². The van der Waals surface area contributed by atoms with E-state index in [1.165, 1.54) is 6.33 Å². The van der Waals surface area contributed by atoms with E-state index in [4.69, 9.17) is 9.47 Å². The predicted octanol–water partition coefficient (Wildman–Crippen LogP) is 2.77. The number of aromatic nitrogens is 3. The highest BCUT2D eigenvalue weighted by molar-refractivity contribution is 5.95. The maximum atomic E-state index is 13.2. The molecule has 5 rings (SSSR count). The summed E-state index contributed by atoms with van der Waals surface area (Å²) in [4.78, 5) is 33.7. The lowest BCUT2D eigenvalue weighted by Crippen LogP contribution is -2.46. The minimum atomic E-state index is 0.00420. The number of carbonyl (C=O) groups is 2. The summed E-state index contributed by atoms with van der Waals surface area (Å²) >= 11 is 0. The van der Waals surface area contributed by atoms with Gasteiger partial charge in [0.2, 0.25) is 5.91 Å². The van der Waals surface area contributed by atoms with Crippen molar-refractivity contribution in [2.45, 2.75) is 57.5 Å². The van der Waals surface area contributed by atoms with Crippen molar-refractivity contribution in [3.63, 3.8) is 0 Å². The summed E-state index contributed by atoms with van der Waals surface area (Å²) in [6, 6.07) is 7.74. The number of carbonyl (C=O) groups excluding carboxylic acids is 2. The van der Waals surface area contributed by atoms with Gasteiger partial charge in [-0.15, -0.1) is 0 Å². The predicted molar refractivity (Wildman–Crippen MR) is 129 cm³/mol. The van der Waals surface area contributed by atoms with Crippen molar-refractivity contribution in [1.82, 2.24) is 24.6 Å². The molecule has 3 aliphatic rings. The van der Waals surface area contributed by atoms with Crippen molar-refractivity contribution in [2.24, 2.45) is 5.41 Å². The van der Waals surface area contributed by atoms with E-state index in [1.54, 1.807) is 11.0 Å². The third-order valence-electron chi connectivity index (χ3n) is 7.76. The third-order valence-corrected chi connectivity index (χ3v) is 7.76. The topological polar surface area (TPSA) is 89.8 Å². The fraction of sp³-hybridized carbons (Fsp3) is 0.615. The summed E-state index contributed by atoms with van der Waals surface area (Å²) in [6.45, 7) is 4.34. The zero-order valence-corrected chi connectivity index (χ0v) is 20.3. The SMILES string of the molecule is O=C(Cn1cncn1)N1CCC2(CCCCOC[C@@H]3CCCN3C(=O)c3cccc(c3)OC2)CC1. The fourth-order valence-electron chi connectivity index (χ4n) is 5.57. The minimum Gasteiger partial charge on any atom is -0.493 e. The number of benzene rings is 1. The number of fused-ring (bicyclic) bond motifs is 3. The van der Waals surface area contributed by atoms with Crippen LogP contribution in [0.25, 0.3) is 0 Å². The first-order chi connectivity index (χ1) is 17.1. The first-order valence-electron chi connectivity index (χ1n) is 12.8. The van der Waals surface area contributed by atoms with Crippen LogP contribution < -0.4 is 4.74 Å². The average molecular weight is 482 g/mol. The molecule has 1 aromatic carbocycles. The van der Waals surface area contributed by atoms with Gasteiger partial charge in [0.1, 0.15) is 24.9 Å². The Hall–Kier alpha value is -2.94. The number of piperidine rings is 1. The molecule has 0 aliphatic carbocycles. The van der Waals surface area contributed by atoms with Gasteiger partial charge in [0, 0.05) is 37.2 Å². The van der Waals surface area contributed by atoms with Crippen LogP contribution in [0, 0.1) is 5.41 Å². The van der Waals surface area contributed by atoms with Gasteiger partial charge in [-0.25, -0.2) is 9.67 Å². The fourth-order valence-corrected chi connectivity index (χ4v) is 5.57. The van der Waals surface area contributed by atoms with E-state index >= 15 is 0 Å². The zero-order chi connectivity index (χ0) is 24.1. The van der Waals surface area contributed by atoms with Gasteiger partial charge >= 0.3 is 0 Å². The van der Waals surface area contributed by atoms with Crippen LogP contribution >= 0.6 is 0 Å². The molecule has 1 aromatic heterocycles. The monoisotopic (exact) mass is 481 g/mol. The van der Waals surface area contributed by atoms with Gasteiger partial charge < -0.3 is 19.3 Å². The molecule has 2 saturated heterocycles. The van der Waals surface area contributed by atoms with Crippen LogP contribution in [0.15, 0.2) is 36.9 Å². The van der Waals surface area contributed by atoms with Crippen LogP contribution in [-0.2, 0) is 16.1 Å². The molecular weight excluding hydrogens is 446 g/mol. The molecular formula is C26H35N5O4. The van der Waals surface area contributed by atoms with Crippen LogP contribution in [0.1, 0.15) is 55.3 Å². The number of ether oxygens (including phenoxy) is 2. The molecule has 0 unspecified atom stereocenters. The summed E-state index contributed by atoms with van der Waals surface area (Å²) in [5, 5.41) is 4.05. The Bertz CT molecular complexity index is 1000. The minimum absolute atomic E-state index is 0.00420. The Labute approximate surface area is 206 Å². The number of hydrogen-bond acceptors (Lipinski definition) is 6. The van der Waals surface area contributed by atoms with E-state index < -0.39 is 0 Å². The molecule has 0 radical (unpaired) electrons. The Kier molecular flexibility index (Phi) is 7.32. The third kappa shape index (κ3) is 5.66. The first kappa shape index (κ1) is 23.8. The molecule has 2 bridgehead atoms. The van der Waals surface area contributed by atoms with Gasteiger partial charge in [0.05, 0.1) is 19.3 Å². The highest BCUT2D eigenvalue weighted by Gasteiger charge is 2.37. The summed E-state index contributed by atoms with van der Waals surface area (Å²) in [5.74, 6) is 0.871. The number of amides is 2. The second-order valence-electron chi connectivity index (χ2n) is 10.1. The zero-order valence-electron chi connectivity index (χ0n) is 20.3. The van der Waals surface area contributed by atoms with Crippen LogP contribution in [0.4, 0.5) is 0 Å². The molecule has 188 valence electrons. The molecule has 2 fully saturated rings. The van der Waals surface area contributed by atoms with E-state index in [9.17, 15) is 9.59 Å². The lowest BCUT2D eigenvalue weighted by atomic mass is 9.75. The second kappa shape index (κ2) is 10.8. The number of nitrogens with zero attached hydrogens (tertiary/aromatic N) is 5. The molecule has 3 aliphatic heterocycles. The Morgan fingerprint density at radius 2 is 2.00 bits per heavy atom. The largest absolute Gasteiger partial charge is 0.493 e. The van der Waals surface area contributed by atoms with Crippen LogP contribution in [0.2, 0.25) is 0 Å². The van der Waals surface area contributed by atoms with Gasteiger partial charge in [-0.1, -0.05) is 12.5 Å². The highest BCUT2D eigenvalue weighted by atomic mass is 16.5. The summed E-state index contributed by atoms with van der Waals surface area (Å²) in [7, 11) is 0. The highest BCUT2D eigenvalue weighted by Crippen LogP contribution is 2.38. The first-order valence-corrected chi connectivity index (χ1v) is 12.8. The van der Waals surface area contributed by atoms with Gasteiger partial charge in [-0.05, 0) is 56.7 Å². The molecule has 9 heteroatoms. The van der Waals surface area contributed by atoms with Gasteiger partial charge in [0.15, 0.2) is 0 Å². The molecule has 9 nitrogen and oxygen atoms in total. The van der Waals surface area contributed by atoms with Crippen LogP contribution in [0.5, 0.6) is 5.75 Å². The molecule has 0 N–H and O–H groups in total. The van der Waals surface area contributed by atoms with Crippen molar-refractivity contribution in [3.05, 3.63) is 42.5 Å². The van der Waals surface area contributed by atoms with Gasteiger partial charge in [-0.3, -0.25) is 9.59 Å². The van der Waals surface area contributed by atoms with E-state index in [0.29, 0.717) is 38.5 Å². The van der Waals surface area contributed by atoms with Crippen molar-refractivity contribution in [1.29, 1.82) is 0 Å². The quantitative estimate of drug-likeness (QED) is 0.655. The van der Waals surface area contributed by atoms with Crippen molar-refractivity contribution in [3.8, 4) is 5.75 Å². The van der Waals surface area contributed by atoms with Crippen LogP contribution in [0.3, 0.4) is 0 Å². The summed E-state index contributed by atoms with van der Waals surface area (Å²) < 4.78 is 13.9. The smallest absolute Gasteiger partial charge is 0.254 e. The molecule has 2 amide bonds.